The van der Waals surface area contributed by atoms with E-state index in [1.807, 2.05) is 6.92 Å². The SMILES string of the molecule is CC(N)CCNC(=O)c1ccc(F)c(Br)c1.Cl. The molecule has 1 unspecified atom stereocenters. The maximum Gasteiger partial charge on any atom is 0.251 e. The zero-order valence-electron chi connectivity index (χ0n) is 9.37. The molecule has 6 heteroatoms. The minimum atomic E-state index is -0.382. The highest BCUT2D eigenvalue weighted by molar-refractivity contribution is 9.10. The summed E-state index contributed by atoms with van der Waals surface area (Å²) in [5.41, 5.74) is 5.98. The van der Waals surface area contributed by atoms with Crippen LogP contribution in [0.4, 0.5) is 4.39 Å². The van der Waals surface area contributed by atoms with E-state index in [1.54, 1.807) is 0 Å². The highest BCUT2D eigenvalue weighted by Gasteiger charge is 2.07. The van der Waals surface area contributed by atoms with Crippen LogP contribution in [0.1, 0.15) is 23.7 Å². The largest absolute Gasteiger partial charge is 0.352 e. The fraction of sp³-hybridized carbons (Fsp3) is 0.364. The molecule has 0 spiro atoms. The van der Waals surface area contributed by atoms with Crippen LogP contribution in [0.3, 0.4) is 0 Å². The molecule has 0 aliphatic rings. The van der Waals surface area contributed by atoms with E-state index in [1.165, 1.54) is 18.2 Å². The van der Waals surface area contributed by atoms with E-state index in [0.29, 0.717) is 18.5 Å². The lowest BCUT2D eigenvalue weighted by atomic mass is 10.2. The number of hydrogen-bond acceptors (Lipinski definition) is 2. The number of rotatable bonds is 4. The Kier molecular flexibility index (Phi) is 7.34. The predicted octanol–water partition coefficient (Wildman–Crippen LogP) is 2.48. The Balaban J connectivity index is 0.00000256. The van der Waals surface area contributed by atoms with Gasteiger partial charge in [-0.15, -0.1) is 12.4 Å². The summed E-state index contributed by atoms with van der Waals surface area (Å²) in [5, 5.41) is 2.71. The Morgan fingerprint density at radius 2 is 2.24 bits per heavy atom. The first-order valence-electron chi connectivity index (χ1n) is 4.99. The van der Waals surface area contributed by atoms with Crippen molar-refractivity contribution in [2.24, 2.45) is 5.73 Å². The molecule has 0 fully saturated rings. The monoisotopic (exact) mass is 324 g/mol. The lowest BCUT2D eigenvalue weighted by molar-refractivity contribution is 0.0952. The van der Waals surface area contributed by atoms with Crippen molar-refractivity contribution in [2.45, 2.75) is 19.4 Å². The highest BCUT2D eigenvalue weighted by Crippen LogP contribution is 2.16. The molecule has 1 rings (SSSR count). The third kappa shape index (κ3) is 5.48. The van der Waals surface area contributed by atoms with Gasteiger partial charge in [0.05, 0.1) is 4.47 Å². The van der Waals surface area contributed by atoms with E-state index in [4.69, 9.17) is 5.73 Å². The number of carbonyl (C=O) groups is 1. The molecule has 0 heterocycles. The van der Waals surface area contributed by atoms with Crippen LogP contribution in [0.25, 0.3) is 0 Å². The smallest absolute Gasteiger partial charge is 0.251 e. The summed E-state index contributed by atoms with van der Waals surface area (Å²) in [6.45, 7) is 2.39. The van der Waals surface area contributed by atoms with E-state index in [-0.39, 0.29) is 34.6 Å². The topological polar surface area (TPSA) is 55.1 Å². The second kappa shape index (κ2) is 7.63. The highest BCUT2D eigenvalue weighted by atomic mass is 79.9. The van der Waals surface area contributed by atoms with Gasteiger partial charge in [0, 0.05) is 18.2 Å². The van der Waals surface area contributed by atoms with Crippen molar-refractivity contribution < 1.29 is 9.18 Å². The van der Waals surface area contributed by atoms with Gasteiger partial charge in [0.2, 0.25) is 0 Å². The third-order valence-corrected chi connectivity index (χ3v) is 2.67. The summed E-state index contributed by atoms with van der Waals surface area (Å²) >= 11 is 3.03. The summed E-state index contributed by atoms with van der Waals surface area (Å²) in [5.74, 6) is -0.603. The molecule has 3 nitrogen and oxygen atoms in total. The quantitative estimate of drug-likeness (QED) is 0.893. The molecule has 17 heavy (non-hydrogen) atoms. The van der Waals surface area contributed by atoms with Gasteiger partial charge in [-0.2, -0.15) is 0 Å². The molecule has 0 bridgehead atoms. The standard InChI is InChI=1S/C11H14BrFN2O.ClH/c1-7(14)4-5-15-11(16)8-2-3-10(13)9(12)6-8;/h2-3,6-7H,4-5,14H2,1H3,(H,15,16);1H. The van der Waals surface area contributed by atoms with Crippen LogP contribution in [0.2, 0.25) is 0 Å². The second-order valence-electron chi connectivity index (χ2n) is 3.65. The Bertz CT molecular complexity index is 388. The summed E-state index contributed by atoms with van der Waals surface area (Å²) in [7, 11) is 0. The number of amides is 1. The molecule has 0 aromatic heterocycles. The molecular formula is C11H15BrClFN2O. The fourth-order valence-electron chi connectivity index (χ4n) is 1.15. The van der Waals surface area contributed by atoms with E-state index in [2.05, 4.69) is 21.2 Å². The van der Waals surface area contributed by atoms with Gasteiger partial charge in [-0.25, -0.2) is 4.39 Å². The van der Waals surface area contributed by atoms with Crippen molar-refractivity contribution in [3.63, 3.8) is 0 Å². The maximum atomic E-state index is 12.9. The zero-order chi connectivity index (χ0) is 12.1. The van der Waals surface area contributed by atoms with Crippen LogP contribution >= 0.6 is 28.3 Å². The first-order chi connectivity index (χ1) is 7.50. The molecule has 1 atom stereocenters. The normalized spacial score (nSPS) is 11.5. The average molecular weight is 326 g/mol. The van der Waals surface area contributed by atoms with Crippen molar-refractivity contribution in [2.75, 3.05) is 6.54 Å². The van der Waals surface area contributed by atoms with Crippen LogP contribution in [-0.2, 0) is 0 Å². The van der Waals surface area contributed by atoms with Crippen molar-refractivity contribution in [1.82, 2.24) is 5.32 Å². The van der Waals surface area contributed by atoms with Crippen molar-refractivity contribution in [1.29, 1.82) is 0 Å². The van der Waals surface area contributed by atoms with Gasteiger partial charge in [0.1, 0.15) is 5.82 Å². The number of hydrogen-bond donors (Lipinski definition) is 2. The van der Waals surface area contributed by atoms with E-state index in [0.717, 1.165) is 0 Å². The first-order valence-corrected chi connectivity index (χ1v) is 5.79. The number of benzene rings is 1. The molecule has 1 aromatic carbocycles. The molecule has 96 valence electrons. The van der Waals surface area contributed by atoms with Crippen molar-refractivity contribution >= 4 is 34.2 Å². The minimum absolute atomic E-state index is 0. The minimum Gasteiger partial charge on any atom is -0.352 e. The molecule has 0 aliphatic heterocycles. The van der Waals surface area contributed by atoms with E-state index in [9.17, 15) is 9.18 Å². The number of nitrogens with one attached hydrogen (secondary N) is 1. The van der Waals surface area contributed by atoms with Crippen LogP contribution in [-0.4, -0.2) is 18.5 Å². The molecule has 0 saturated heterocycles. The number of carbonyl (C=O) groups excluding carboxylic acids is 1. The van der Waals surface area contributed by atoms with Gasteiger partial charge in [-0.3, -0.25) is 4.79 Å². The molecule has 3 N–H and O–H groups in total. The first kappa shape index (κ1) is 16.4. The Hall–Kier alpha value is -0.650. The van der Waals surface area contributed by atoms with Crippen LogP contribution in [0, 0.1) is 5.82 Å². The molecule has 0 radical (unpaired) electrons. The van der Waals surface area contributed by atoms with Crippen LogP contribution in [0.5, 0.6) is 0 Å². The lowest BCUT2D eigenvalue weighted by Gasteiger charge is -2.07. The van der Waals surface area contributed by atoms with Gasteiger partial charge in [0.25, 0.3) is 5.91 Å². The third-order valence-electron chi connectivity index (χ3n) is 2.07. The maximum absolute atomic E-state index is 12.9. The van der Waals surface area contributed by atoms with Gasteiger partial charge in [-0.1, -0.05) is 0 Å². The summed E-state index contributed by atoms with van der Waals surface area (Å²) < 4.78 is 13.2. The molecule has 1 aromatic rings. The lowest BCUT2D eigenvalue weighted by Crippen LogP contribution is -2.28. The van der Waals surface area contributed by atoms with Gasteiger partial charge >= 0.3 is 0 Å². The predicted molar refractivity (Wildman–Crippen MR) is 71.9 cm³/mol. The zero-order valence-corrected chi connectivity index (χ0v) is 11.8. The Labute approximate surface area is 114 Å². The van der Waals surface area contributed by atoms with Crippen molar-refractivity contribution in [3.8, 4) is 0 Å². The van der Waals surface area contributed by atoms with Crippen LogP contribution in [0.15, 0.2) is 22.7 Å². The van der Waals surface area contributed by atoms with Crippen molar-refractivity contribution in [3.05, 3.63) is 34.1 Å². The van der Waals surface area contributed by atoms with E-state index < -0.39 is 0 Å². The summed E-state index contributed by atoms with van der Waals surface area (Å²) in [4.78, 5) is 11.6. The Morgan fingerprint density at radius 3 is 2.76 bits per heavy atom. The molecule has 0 saturated carbocycles. The van der Waals surface area contributed by atoms with Gasteiger partial charge < -0.3 is 11.1 Å². The Morgan fingerprint density at radius 1 is 1.59 bits per heavy atom. The molecule has 0 aliphatic carbocycles. The summed E-state index contributed by atoms with van der Waals surface area (Å²) in [6.07, 6.45) is 0.716. The second-order valence-corrected chi connectivity index (χ2v) is 4.51. The number of nitrogens with two attached hydrogens (primary N) is 1. The fourth-order valence-corrected chi connectivity index (χ4v) is 1.53. The van der Waals surface area contributed by atoms with Gasteiger partial charge in [0.15, 0.2) is 0 Å². The number of halogens is 3. The molecule has 1 amide bonds. The summed E-state index contributed by atoms with van der Waals surface area (Å²) in [6, 6.07) is 4.21. The van der Waals surface area contributed by atoms with Crippen LogP contribution < -0.4 is 11.1 Å². The molecular weight excluding hydrogens is 310 g/mol. The van der Waals surface area contributed by atoms with E-state index >= 15 is 0 Å². The van der Waals surface area contributed by atoms with Gasteiger partial charge in [-0.05, 0) is 47.5 Å². The average Bonchev–Trinajstić information content (AvgIpc) is 2.21.